The van der Waals surface area contributed by atoms with Gasteiger partial charge in [0.25, 0.3) is 0 Å². The zero-order valence-electron chi connectivity index (χ0n) is 27.4. The molecule has 0 fully saturated rings. The first-order chi connectivity index (χ1) is 21.1. The van der Waals surface area contributed by atoms with E-state index in [1.165, 1.54) is 122 Å². The Morgan fingerprint density at radius 3 is 1.21 bits per heavy atom. The predicted molar refractivity (Wildman–Crippen MR) is 180 cm³/mol. The van der Waals surface area contributed by atoms with Gasteiger partial charge >= 0.3 is 0 Å². The van der Waals surface area contributed by atoms with E-state index in [-0.39, 0.29) is 11.5 Å². The summed E-state index contributed by atoms with van der Waals surface area (Å²) >= 11 is 0. The number of hydrogen-bond acceptors (Lipinski definition) is 4. The van der Waals surface area contributed by atoms with Gasteiger partial charge in [0.05, 0.1) is 13.2 Å². The lowest BCUT2D eigenvalue weighted by molar-refractivity contribution is -0.243. The summed E-state index contributed by atoms with van der Waals surface area (Å²) < 4.78 is 11.7. The van der Waals surface area contributed by atoms with Gasteiger partial charge in [0.15, 0.2) is 5.78 Å². The van der Waals surface area contributed by atoms with Crippen molar-refractivity contribution in [3.8, 4) is 11.5 Å². The molecule has 0 atom stereocenters. The summed E-state index contributed by atoms with van der Waals surface area (Å²) in [6.07, 6.45) is 27.1. The first kappa shape index (κ1) is 36.4. The zero-order chi connectivity index (χ0) is 30.8. The summed E-state index contributed by atoms with van der Waals surface area (Å²) in [5, 5.41) is 12.7. The van der Waals surface area contributed by atoms with Crippen LogP contribution in [-0.4, -0.2) is 19.0 Å². The second-order valence-electron chi connectivity index (χ2n) is 12.0. The van der Waals surface area contributed by atoms with E-state index in [9.17, 15) is 9.90 Å². The van der Waals surface area contributed by atoms with Crippen molar-refractivity contribution in [1.82, 2.24) is 0 Å². The van der Waals surface area contributed by atoms with Crippen molar-refractivity contribution < 1.29 is 19.4 Å². The highest BCUT2D eigenvalue weighted by atomic mass is 16.5. The summed E-state index contributed by atoms with van der Waals surface area (Å²) in [5.41, 5.74) is 0.965. The van der Waals surface area contributed by atoms with Gasteiger partial charge in [0.1, 0.15) is 11.5 Å². The number of hydrogen-bond donors (Lipinski definition) is 0. The van der Waals surface area contributed by atoms with Crippen LogP contribution in [0, 0.1) is 0 Å². The molecule has 0 aliphatic carbocycles. The Balaban J connectivity index is 1.59. The molecule has 4 heteroatoms. The molecule has 0 amide bonds. The lowest BCUT2D eigenvalue weighted by atomic mass is 10.1. The van der Waals surface area contributed by atoms with Gasteiger partial charge in [-0.15, -0.1) is 0 Å². The number of carbonyl (C=O) groups is 1. The maximum atomic E-state index is 12.7. The molecular weight excluding hydrogens is 532 g/mol. The standard InChI is InChI=1S/C39H60O4/c1-3-5-7-9-11-13-15-17-19-21-31-42-36-27-23-34(24-28-36)38(40)33-39(41)35-25-29-37(30-26-35)43-32-22-20-18-16-14-12-10-8-6-4-2/h23-30,33,40H,3-22,31-32H2,1-2H3/p-1/b38-33+. The van der Waals surface area contributed by atoms with Crippen LogP contribution >= 0.6 is 0 Å². The van der Waals surface area contributed by atoms with Crippen molar-refractivity contribution in [2.75, 3.05) is 13.2 Å². The molecule has 2 aromatic carbocycles. The zero-order valence-corrected chi connectivity index (χ0v) is 27.4. The maximum Gasteiger partial charge on any atom is 0.185 e. The third kappa shape index (κ3) is 17.8. The second kappa shape index (κ2) is 24.7. The molecule has 0 N–H and O–H groups in total. The number of unbranched alkanes of at least 4 members (excludes halogenated alkanes) is 18. The Morgan fingerprint density at radius 1 is 0.512 bits per heavy atom. The first-order valence-corrected chi connectivity index (χ1v) is 17.5. The summed E-state index contributed by atoms with van der Waals surface area (Å²) in [6, 6.07) is 14.1. The topological polar surface area (TPSA) is 58.6 Å². The van der Waals surface area contributed by atoms with Crippen LogP contribution in [0.4, 0.5) is 0 Å². The smallest absolute Gasteiger partial charge is 0.185 e. The Bertz CT molecular complexity index is 977. The van der Waals surface area contributed by atoms with Crippen molar-refractivity contribution in [1.29, 1.82) is 0 Å². The predicted octanol–water partition coefficient (Wildman–Crippen LogP) is 10.9. The molecule has 0 spiro atoms. The first-order valence-electron chi connectivity index (χ1n) is 17.5. The highest BCUT2D eigenvalue weighted by molar-refractivity contribution is 6.07. The molecule has 0 aliphatic heterocycles. The Labute approximate surface area is 263 Å². The van der Waals surface area contributed by atoms with Gasteiger partial charge in [-0.2, -0.15) is 0 Å². The molecule has 0 unspecified atom stereocenters. The average Bonchev–Trinajstić information content (AvgIpc) is 3.03. The highest BCUT2D eigenvalue weighted by Gasteiger charge is 2.04. The number of benzene rings is 2. The Hall–Kier alpha value is -2.75. The fraction of sp³-hybridized carbons (Fsp3) is 0.615. The Morgan fingerprint density at radius 2 is 0.837 bits per heavy atom. The van der Waals surface area contributed by atoms with Crippen LogP contribution in [0.2, 0.25) is 0 Å². The largest absolute Gasteiger partial charge is 0.872 e. The second-order valence-corrected chi connectivity index (χ2v) is 12.0. The maximum absolute atomic E-state index is 12.7. The van der Waals surface area contributed by atoms with Gasteiger partial charge in [-0.1, -0.05) is 147 Å². The molecule has 0 bridgehead atoms. The van der Waals surface area contributed by atoms with E-state index in [0.717, 1.165) is 24.3 Å². The minimum Gasteiger partial charge on any atom is -0.872 e. The van der Waals surface area contributed by atoms with Gasteiger partial charge in [0.2, 0.25) is 0 Å². The minimum absolute atomic E-state index is 0.299. The van der Waals surface area contributed by atoms with Gasteiger partial charge < -0.3 is 14.6 Å². The number of carbonyl (C=O) groups excluding carboxylic acids is 1. The molecule has 43 heavy (non-hydrogen) atoms. The summed E-state index contributed by atoms with van der Waals surface area (Å²) in [4.78, 5) is 12.7. The fourth-order valence-electron chi connectivity index (χ4n) is 5.28. The molecule has 0 heterocycles. The monoisotopic (exact) mass is 591 g/mol. The van der Waals surface area contributed by atoms with E-state index in [0.29, 0.717) is 24.3 Å². The summed E-state index contributed by atoms with van der Waals surface area (Å²) in [7, 11) is 0. The number of ketones is 1. The van der Waals surface area contributed by atoms with Crippen molar-refractivity contribution in [3.63, 3.8) is 0 Å². The fourth-order valence-corrected chi connectivity index (χ4v) is 5.28. The van der Waals surface area contributed by atoms with E-state index >= 15 is 0 Å². The lowest BCUT2D eigenvalue weighted by Crippen LogP contribution is -2.06. The van der Waals surface area contributed by atoms with Crippen molar-refractivity contribution in [2.24, 2.45) is 0 Å². The van der Waals surface area contributed by atoms with Crippen LogP contribution in [0.3, 0.4) is 0 Å². The minimum atomic E-state index is -0.299. The summed E-state index contributed by atoms with van der Waals surface area (Å²) in [5.74, 6) is 0.916. The SMILES string of the molecule is CCCCCCCCCCCCOc1ccc(C(=O)/C=C(/[O-])c2ccc(OCCCCCCCCCCCC)cc2)cc1. The quantitative estimate of drug-likeness (QED) is 0.0449. The molecule has 2 rings (SSSR count). The van der Waals surface area contributed by atoms with Gasteiger partial charge in [0, 0.05) is 5.56 Å². The van der Waals surface area contributed by atoms with E-state index in [2.05, 4.69) is 13.8 Å². The Kier molecular flexibility index (Phi) is 20.9. The molecule has 0 radical (unpaired) electrons. The van der Waals surface area contributed by atoms with E-state index < -0.39 is 0 Å². The molecular formula is C39H59O4-. The van der Waals surface area contributed by atoms with Crippen molar-refractivity contribution >= 4 is 11.5 Å². The van der Waals surface area contributed by atoms with Crippen molar-refractivity contribution in [2.45, 2.75) is 142 Å². The highest BCUT2D eigenvalue weighted by Crippen LogP contribution is 2.19. The third-order valence-corrected chi connectivity index (χ3v) is 8.07. The van der Waals surface area contributed by atoms with Crippen LogP contribution < -0.4 is 14.6 Å². The molecule has 0 aromatic heterocycles. The van der Waals surface area contributed by atoms with Crippen LogP contribution in [0.15, 0.2) is 54.6 Å². The third-order valence-electron chi connectivity index (χ3n) is 8.07. The molecule has 0 saturated heterocycles. The van der Waals surface area contributed by atoms with Gasteiger partial charge in [-0.25, -0.2) is 0 Å². The van der Waals surface area contributed by atoms with E-state index in [1.807, 2.05) is 24.3 Å². The van der Waals surface area contributed by atoms with Crippen molar-refractivity contribution in [3.05, 3.63) is 65.7 Å². The van der Waals surface area contributed by atoms with Crippen LogP contribution in [0.1, 0.15) is 158 Å². The molecule has 4 nitrogen and oxygen atoms in total. The normalized spacial score (nSPS) is 11.5. The molecule has 240 valence electrons. The van der Waals surface area contributed by atoms with Crippen LogP contribution in [-0.2, 0) is 0 Å². The molecule has 0 aliphatic rings. The lowest BCUT2D eigenvalue weighted by Gasteiger charge is -2.13. The number of rotatable bonds is 27. The van der Waals surface area contributed by atoms with E-state index in [1.54, 1.807) is 24.3 Å². The van der Waals surface area contributed by atoms with Crippen LogP contribution in [0.5, 0.6) is 11.5 Å². The van der Waals surface area contributed by atoms with Gasteiger partial charge in [-0.3, -0.25) is 4.79 Å². The molecule has 2 aromatic rings. The summed E-state index contributed by atoms with van der Waals surface area (Å²) in [6.45, 7) is 5.89. The average molecular weight is 592 g/mol. The number of ether oxygens (including phenoxy) is 2. The van der Waals surface area contributed by atoms with Crippen LogP contribution in [0.25, 0.3) is 5.76 Å². The number of allylic oxidation sites excluding steroid dienone is 1. The van der Waals surface area contributed by atoms with E-state index in [4.69, 9.17) is 9.47 Å². The van der Waals surface area contributed by atoms with Gasteiger partial charge in [-0.05, 0) is 60.9 Å². The molecule has 0 saturated carbocycles.